The van der Waals surface area contributed by atoms with E-state index in [-0.39, 0.29) is 11.6 Å². The summed E-state index contributed by atoms with van der Waals surface area (Å²) in [5.41, 5.74) is 34.1. The fourth-order valence-corrected chi connectivity index (χ4v) is 3.77. The number of anilines is 5. The molecule has 0 spiro atoms. The Morgan fingerprint density at radius 1 is 0.625 bits per heavy atom. The Hall–Kier alpha value is -2.76. The number of phenols is 1. The molecule has 2 aromatic carbocycles. The van der Waals surface area contributed by atoms with Crippen LogP contribution in [-0.4, -0.2) is 5.11 Å². The average molecular weight is 327 g/mol. The largest absolute Gasteiger partial charge is 0.508 e. The highest BCUT2D eigenvalue weighted by Gasteiger charge is 2.28. The molecule has 11 N–H and O–H groups in total. The van der Waals surface area contributed by atoms with Gasteiger partial charge in [-0.05, 0) is 55.2 Å². The van der Waals surface area contributed by atoms with Crippen molar-refractivity contribution in [1.82, 2.24) is 0 Å². The number of benzene rings is 2. The van der Waals surface area contributed by atoms with Gasteiger partial charge in [-0.25, -0.2) is 0 Å². The van der Waals surface area contributed by atoms with Crippen LogP contribution in [0.1, 0.15) is 48.6 Å². The number of hydrogen-bond donors (Lipinski definition) is 6. The Morgan fingerprint density at radius 2 is 1.04 bits per heavy atom. The van der Waals surface area contributed by atoms with Crippen molar-refractivity contribution in [2.24, 2.45) is 0 Å². The van der Waals surface area contributed by atoms with Crippen LogP contribution >= 0.6 is 0 Å². The van der Waals surface area contributed by atoms with E-state index < -0.39 is 0 Å². The molecular formula is C18H25N5O. The summed E-state index contributed by atoms with van der Waals surface area (Å²) < 4.78 is 0. The quantitative estimate of drug-likeness (QED) is 0.467. The SMILES string of the molecule is Nc1c(N)c(N)c(C2CCC(c3ccc(O)cc3)CC2)c(N)c1N. The zero-order valence-electron chi connectivity index (χ0n) is 13.6. The molecule has 0 radical (unpaired) electrons. The predicted molar refractivity (Wildman–Crippen MR) is 101 cm³/mol. The first-order chi connectivity index (χ1) is 11.4. The Bertz CT molecular complexity index is 720. The van der Waals surface area contributed by atoms with Gasteiger partial charge in [-0.2, -0.15) is 0 Å². The predicted octanol–water partition coefficient (Wildman–Crippen LogP) is 2.74. The minimum atomic E-state index is 0.239. The van der Waals surface area contributed by atoms with Crippen molar-refractivity contribution in [2.75, 3.05) is 28.7 Å². The second kappa shape index (κ2) is 6.03. The average Bonchev–Trinajstić information content (AvgIpc) is 2.60. The van der Waals surface area contributed by atoms with Gasteiger partial charge in [0, 0.05) is 5.56 Å². The number of nitrogen functional groups attached to an aromatic ring is 5. The molecular weight excluding hydrogens is 302 g/mol. The van der Waals surface area contributed by atoms with Gasteiger partial charge in [0.2, 0.25) is 0 Å². The van der Waals surface area contributed by atoms with Gasteiger partial charge in [0.1, 0.15) is 5.75 Å². The molecule has 0 aliphatic heterocycles. The summed E-state index contributed by atoms with van der Waals surface area (Å²) in [4.78, 5) is 0. The molecule has 1 aliphatic carbocycles. The van der Waals surface area contributed by atoms with Crippen LogP contribution in [0.25, 0.3) is 0 Å². The zero-order chi connectivity index (χ0) is 17.4. The molecule has 2 aromatic rings. The van der Waals surface area contributed by atoms with E-state index in [0.29, 0.717) is 34.4 Å². The van der Waals surface area contributed by atoms with E-state index in [2.05, 4.69) is 0 Å². The van der Waals surface area contributed by atoms with Crippen molar-refractivity contribution >= 4 is 28.4 Å². The van der Waals surface area contributed by atoms with Crippen molar-refractivity contribution in [3.63, 3.8) is 0 Å². The first-order valence-electron chi connectivity index (χ1n) is 8.20. The van der Waals surface area contributed by atoms with E-state index in [1.54, 1.807) is 12.1 Å². The molecule has 1 aliphatic rings. The van der Waals surface area contributed by atoms with Crippen LogP contribution in [0.15, 0.2) is 24.3 Å². The monoisotopic (exact) mass is 327 g/mol. The van der Waals surface area contributed by atoms with Crippen molar-refractivity contribution in [3.8, 4) is 5.75 Å². The zero-order valence-corrected chi connectivity index (χ0v) is 13.6. The van der Waals surface area contributed by atoms with Crippen LogP contribution in [0.2, 0.25) is 0 Å². The first kappa shape index (κ1) is 16.1. The number of phenolic OH excluding ortho intramolecular Hbond substituents is 1. The third kappa shape index (κ3) is 2.64. The van der Waals surface area contributed by atoms with Crippen molar-refractivity contribution in [1.29, 1.82) is 0 Å². The number of rotatable bonds is 2. The summed E-state index contributed by atoms with van der Waals surface area (Å²) in [6.45, 7) is 0. The van der Waals surface area contributed by atoms with Gasteiger partial charge in [-0.3, -0.25) is 0 Å². The van der Waals surface area contributed by atoms with Crippen molar-refractivity contribution in [3.05, 3.63) is 35.4 Å². The Kier molecular flexibility index (Phi) is 4.05. The van der Waals surface area contributed by atoms with Gasteiger partial charge < -0.3 is 33.8 Å². The smallest absolute Gasteiger partial charge is 0.115 e. The lowest BCUT2D eigenvalue weighted by atomic mass is 9.75. The molecule has 0 aromatic heterocycles. The highest BCUT2D eigenvalue weighted by atomic mass is 16.3. The maximum atomic E-state index is 9.42. The summed E-state index contributed by atoms with van der Waals surface area (Å²) in [5.74, 6) is 1.01. The Labute approximate surface area is 141 Å². The molecule has 24 heavy (non-hydrogen) atoms. The minimum Gasteiger partial charge on any atom is -0.508 e. The summed E-state index contributed by atoms with van der Waals surface area (Å²) in [5, 5.41) is 9.42. The molecule has 0 amide bonds. The molecule has 0 saturated heterocycles. The molecule has 3 rings (SSSR count). The van der Waals surface area contributed by atoms with E-state index >= 15 is 0 Å². The summed E-state index contributed by atoms with van der Waals surface area (Å²) in [6, 6.07) is 7.45. The van der Waals surface area contributed by atoms with Crippen LogP contribution in [0, 0.1) is 0 Å². The van der Waals surface area contributed by atoms with Gasteiger partial charge in [0.15, 0.2) is 0 Å². The maximum absolute atomic E-state index is 9.42. The van der Waals surface area contributed by atoms with E-state index in [1.165, 1.54) is 5.56 Å². The fourth-order valence-electron chi connectivity index (χ4n) is 3.77. The van der Waals surface area contributed by atoms with Crippen LogP contribution in [0.4, 0.5) is 28.4 Å². The van der Waals surface area contributed by atoms with Gasteiger partial charge in [-0.15, -0.1) is 0 Å². The van der Waals surface area contributed by atoms with Gasteiger partial charge in [-0.1, -0.05) is 12.1 Å². The molecule has 0 atom stereocenters. The second-order valence-corrected chi connectivity index (χ2v) is 6.62. The van der Waals surface area contributed by atoms with E-state index in [1.807, 2.05) is 12.1 Å². The van der Waals surface area contributed by atoms with Gasteiger partial charge in [0.05, 0.1) is 28.4 Å². The highest BCUT2D eigenvalue weighted by molar-refractivity contribution is 5.96. The summed E-state index contributed by atoms with van der Waals surface area (Å²) in [6.07, 6.45) is 3.97. The summed E-state index contributed by atoms with van der Waals surface area (Å²) in [7, 11) is 0. The maximum Gasteiger partial charge on any atom is 0.115 e. The standard InChI is InChI=1S/C18H25N5O/c19-14-13(15(20)17(22)18(23)16(14)21)11-3-1-9(2-4-11)10-5-7-12(24)8-6-10/h5-9,11,24H,1-4,19-23H2. The molecule has 6 heteroatoms. The molecule has 0 bridgehead atoms. The molecule has 1 saturated carbocycles. The molecule has 128 valence electrons. The lowest BCUT2D eigenvalue weighted by molar-refractivity contribution is 0.397. The van der Waals surface area contributed by atoms with Gasteiger partial charge >= 0.3 is 0 Å². The van der Waals surface area contributed by atoms with E-state index in [4.69, 9.17) is 28.7 Å². The van der Waals surface area contributed by atoms with E-state index in [0.717, 1.165) is 31.2 Å². The molecule has 0 heterocycles. The molecule has 6 nitrogen and oxygen atoms in total. The third-order valence-corrected chi connectivity index (χ3v) is 5.24. The molecule has 0 unspecified atom stereocenters. The van der Waals surface area contributed by atoms with Crippen LogP contribution in [-0.2, 0) is 0 Å². The fraction of sp³-hybridized carbons (Fsp3) is 0.333. The minimum absolute atomic E-state index is 0.239. The normalized spacial score (nSPS) is 20.8. The van der Waals surface area contributed by atoms with Gasteiger partial charge in [0.25, 0.3) is 0 Å². The van der Waals surface area contributed by atoms with Crippen LogP contribution in [0.5, 0.6) is 5.75 Å². The lowest BCUT2D eigenvalue weighted by Crippen LogP contribution is -2.17. The number of hydrogen-bond acceptors (Lipinski definition) is 6. The van der Waals surface area contributed by atoms with Crippen molar-refractivity contribution < 1.29 is 5.11 Å². The lowest BCUT2D eigenvalue weighted by Gasteiger charge is -2.31. The number of aromatic hydroxyl groups is 1. The van der Waals surface area contributed by atoms with E-state index in [9.17, 15) is 5.11 Å². The topological polar surface area (TPSA) is 150 Å². The first-order valence-corrected chi connectivity index (χ1v) is 8.20. The Balaban J connectivity index is 1.81. The highest BCUT2D eigenvalue weighted by Crippen LogP contribution is 2.48. The molecule has 1 fully saturated rings. The third-order valence-electron chi connectivity index (χ3n) is 5.24. The number of nitrogens with two attached hydrogens (primary N) is 5. The van der Waals surface area contributed by atoms with Crippen LogP contribution in [0.3, 0.4) is 0 Å². The summed E-state index contributed by atoms with van der Waals surface area (Å²) >= 11 is 0. The second-order valence-electron chi connectivity index (χ2n) is 6.62. The van der Waals surface area contributed by atoms with Crippen molar-refractivity contribution in [2.45, 2.75) is 37.5 Å². The van der Waals surface area contributed by atoms with Crippen LogP contribution < -0.4 is 28.7 Å². The Morgan fingerprint density at radius 3 is 1.54 bits per heavy atom.